The first-order chi connectivity index (χ1) is 10.1. The molecule has 0 fully saturated rings. The predicted octanol–water partition coefficient (Wildman–Crippen LogP) is 2.66. The largest absolute Gasteiger partial charge is 0.410 e. The van der Waals surface area contributed by atoms with Crippen LogP contribution in [0.15, 0.2) is 47.6 Å². The van der Waals surface area contributed by atoms with Crippen molar-refractivity contribution in [3.8, 4) is 11.1 Å². The molecule has 0 bridgehead atoms. The first kappa shape index (κ1) is 13.6. The van der Waals surface area contributed by atoms with Crippen LogP contribution < -0.4 is 4.72 Å². The minimum Gasteiger partial charge on any atom is -0.410 e. The van der Waals surface area contributed by atoms with Crippen molar-refractivity contribution in [1.82, 2.24) is 0 Å². The Labute approximate surface area is 123 Å². The molecule has 0 saturated carbocycles. The van der Waals surface area contributed by atoms with Crippen LogP contribution in [0.4, 0.5) is 5.69 Å². The summed E-state index contributed by atoms with van der Waals surface area (Å²) < 4.78 is 25.8. The summed E-state index contributed by atoms with van der Waals surface area (Å²) in [6, 6.07) is 12.8. The lowest BCUT2D eigenvalue weighted by molar-refractivity contribution is 0.320. The molecule has 0 aliphatic heterocycles. The van der Waals surface area contributed by atoms with E-state index >= 15 is 0 Å². The topological polar surface area (TPSA) is 78.8 Å². The first-order valence-corrected chi connectivity index (χ1v) is 8.17. The van der Waals surface area contributed by atoms with Gasteiger partial charge in [-0.3, -0.25) is 4.72 Å². The maximum atomic E-state index is 11.6. The van der Waals surface area contributed by atoms with Crippen LogP contribution in [-0.4, -0.2) is 25.1 Å². The van der Waals surface area contributed by atoms with Crippen molar-refractivity contribution in [2.75, 3.05) is 10.5 Å². The molecule has 6 heteroatoms. The number of nitrogens with one attached hydrogen (secondary N) is 1. The summed E-state index contributed by atoms with van der Waals surface area (Å²) in [5, 5.41) is 12.6. The fourth-order valence-corrected chi connectivity index (χ4v) is 3.10. The van der Waals surface area contributed by atoms with E-state index in [1.807, 2.05) is 30.3 Å². The molecule has 108 valence electrons. The minimum absolute atomic E-state index is 0.00522. The molecule has 0 atom stereocenters. The zero-order chi connectivity index (χ0) is 15.0. The second kappa shape index (κ2) is 4.89. The van der Waals surface area contributed by atoms with Crippen LogP contribution in [-0.2, 0) is 10.0 Å². The molecule has 0 unspecified atom stereocenters. The zero-order valence-electron chi connectivity index (χ0n) is 11.4. The lowest BCUT2D eigenvalue weighted by Crippen LogP contribution is -2.14. The van der Waals surface area contributed by atoms with Gasteiger partial charge in [0.1, 0.15) is 5.71 Å². The first-order valence-electron chi connectivity index (χ1n) is 6.52. The van der Waals surface area contributed by atoms with Crippen molar-refractivity contribution >= 4 is 21.4 Å². The Morgan fingerprint density at radius 1 is 1.05 bits per heavy atom. The highest BCUT2D eigenvalue weighted by atomic mass is 32.2. The van der Waals surface area contributed by atoms with Gasteiger partial charge in [0, 0.05) is 16.8 Å². The Balaban J connectivity index is 2.12. The average Bonchev–Trinajstić information content (AvgIpc) is 2.80. The van der Waals surface area contributed by atoms with Crippen LogP contribution in [0.3, 0.4) is 0 Å². The molecule has 0 saturated heterocycles. The lowest BCUT2D eigenvalue weighted by Gasteiger charge is -2.08. The van der Waals surface area contributed by atoms with E-state index < -0.39 is 10.0 Å². The number of hydrogen-bond donors (Lipinski definition) is 2. The maximum Gasteiger partial charge on any atom is 0.232 e. The van der Waals surface area contributed by atoms with E-state index in [-0.39, 0.29) is 5.75 Å². The Bertz CT molecular complexity index is 842. The summed E-state index contributed by atoms with van der Waals surface area (Å²) in [6.07, 6.45) is 0. The van der Waals surface area contributed by atoms with Crippen LogP contribution in [0.1, 0.15) is 18.1 Å². The molecule has 0 aromatic heterocycles. The van der Waals surface area contributed by atoms with E-state index in [0.29, 0.717) is 11.4 Å². The van der Waals surface area contributed by atoms with Crippen molar-refractivity contribution in [1.29, 1.82) is 0 Å². The summed E-state index contributed by atoms with van der Waals surface area (Å²) in [5.74, 6) is 0.00522. The number of sulfonamides is 1. The molecule has 0 radical (unpaired) electrons. The minimum atomic E-state index is -3.33. The lowest BCUT2D eigenvalue weighted by atomic mass is 10.1. The van der Waals surface area contributed by atoms with Crippen LogP contribution >= 0.6 is 0 Å². The molecular weight excluding hydrogens is 288 g/mol. The summed E-state index contributed by atoms with van der Waals surface area (Å²) in [4.78, 5) is 0. The molecular formula is C15H14N2O3S. The average molecular weight is 302 g/mol. The standard InChI is InChI=1S/C15H14N2O3S/c1-2-21(19,20)17-10-7-8-12-11-5-3-4-6-13(11)15(16-18)14(12)9-10/h3-9,17-18H,2H2,1H3. The zero-order valence-corrected chi connectivity index (χ0v) is 12.2. The second-order valence-electron chi connectivity index (χ2n) is 4.76. The fourth-order valence-electron chi connectivity index (χ4n) is 2.47. The van der Waals surface area contributed by atoms with E-state index in [1.54, 1.807) is 19.1 Å². The molecule has 21 heavy (non-hydrogen) atoms. The van der Waals surface area contributed by atoms with E-state index in [0.717, 1.165) is 22.3 Å². The summed E-state index contributed by atoms with van der Waals surface area (Å²) >= 11 is 0. The van der Waals surface area contributed by atoms with Gasteiger partial charge < -0.3 is 5.21 Å². The molecule has 2 N–H and O–H groups in total. The molecule has 3 rings (SSSR count). The number of anilines is 1. The maximum absolute atomic E-state index is 11.6. The van der Waals surface area contributed by atoms with Crippen molar-refractivity contribution < 1.29 is 13.6 Å². The molecule has 1 aliphatic rings. The highest BCUT2D eigenvalue weighted by molar-refractivity contribution is 7.92. The Morgan fingerprint density at radius 2 is 1.71 bits per heavy atom. The molecule has 2 aromatic carbocycles. The van der Waals surface area contributed by atoms with Gasteiger partial charge in [0.25, 0.3) is 0 Å². The van der Waals surface area contributed by atoms with Gasteiger partial charge in [0.05, 0.1) is 5.75 Å². The van der Waals surface area contributed by atoms with Gasteiger partial charge >= 0.3 is 0 Å². The van der Waals surface area contributed by atoms with E-state index in [9.17, 15) is 13.6 Å². The van der Waals surface area contributed by atoms with Crippen molar-refractivity contribution in [2.45, 2.75) is 6.92 Å². The number of rotatable bonds is 3. The second-order valence-corrected chi connectivity index (χ2v) is 6.77. The van der Waals surface area contributed by atoms with E-state index in [4.69, 9.17) is 0 Å². The Kier molecular flexibility index (Phi) is 3.17. The van der Waals surface area contributed by atoms with Crippen molar-refractivity contribution in [3.05, 3.63) is 53.6 Å². The van der Waals surface area contributed by atoms with Gasteiger partial charge in [-0.25, -0.2) is 8.42 Å². The number of fused-ring (bicyclic) bond motifs is 3. The fraction of sp³-hybridized carbons (Fsp3) is 0.133. The van der Waals surface area contributed by atoms with Crippen LogP contribution in [0.5, 0.6) is 0 Å². The number of benzene rings is 2. The normalized spacial score (nSPS) is 14.8. The Hall–Kier alpha value is -2.34. The van der Waals surface area contributed by atoms with E-state index in [1.165, 1.54) is 0 Å². The van der Waals surface area contributed by atoms with Gasteiger partial charge in [-0.2, -0.15) is 0 Å². The van der Waals surface area contributed by atoms with Crippen molar-refractivity contribution in [3.63, 3.8) is 0 Å². The summed E-state index contributed by atoms with van der Waals surface area (Å²) in [5.41, 5.74) is 4.38. The van der Waals surface area contributed by atoms with Crippen LogP contribution in [0, 0.1) is 0 Å². The summed E-state index contributed by atoms with van der Waals surface area (Å²) in [6.45, 7) is 1.58. The van der Waals surface area contributed by atoms with Crippen molar-refractivity contribution in [2.24, 2.45) is 5.16 Å². The predicted molar refractivity (Wildman–Crippen MR) is 82.4 cm³/mol. The van der Waals surface area contributed by atoms with Crippen LogP contribution in [0.2, 0.25) is 0 Å². The smallest absolute Gasteiger partial charge is 0.232 e. The summed E-state index contributed by atoms with van der Waals surface area (Å²) in [7, 11) is -3.33. The van der Waals surface area contributed by atoms with Gasteiger partial charge in [-0.15, -0.1) is 0 Å². The van der Waals surface area contributed by atoms with Gasteiger partial charge in [-0.1, -0.05) is 35.5 Å². The third-order valence-electron chi connectivity index (χ3n) is 3.50. The number of nitrogens with zero attached hydrogens (tertiary/aromatic N) is 1. The van der Waals surface area contributed by atoms with Gasteiger partial charge in [-0.05, 0) is 30.2 Å². The van der Waals surface area contributed by atoms with E-state index in [2.05, 4.69) is 9.88 Å². The SMILES string of the molecule is CCS(=O)(=O)Nc1ccc2c(c1)C(=NO)c1ccccc1-2. The molecule has 1 aliphatic carbocycles. The van der Waals surface area contributed by atoms with Gasteiger partial charge in [0.2, 0.25) is 10.0 Å². The third kappa shape index (κ3) is 2.27. The molecule has 2 aromatic rings. The molecule has 0 heterocycles. The third-order valence-corrected chi connectivity index (χ3v) is 4.81. The number of oxime groups is 1. The van der Waals surface area contributed by atoms with Gasteiger partial charge in [0.15, 0.2) is 0 Å². The highest BCUT2D eigenvalue weighted by Gasteiger charge is 2.25. The highest BCUT2D eigenvalue weighted by Crippen LogP contribution is 2.38. The monoisotopic (exact) mass is 302 g/mol. The number of hydrogen-bond acceptors (Lipinski definition) is 4. The molecule has 0 amide bonds. The van der Waals surface area contributed by atoms with Crippen LogP contribution in [0.25, 0.3) is 11.1 Å². The molecule has 5 nitrogen and oxygen atoms in total. The quantitative estimate of drug-likeness (QED) is 0.576. The molecule has 0 spiro atoms. The Morgan fingerprint density at radius 3 is 2.38 bits per heavy atom.